The molecule has 3 N–H and O–H groups in total. The van der Waals surface area contributed by atoms with Crippen molar-refractivity contribution in [3.63, 3.8) is 0 Å². The van der Waals surface area contributed by atoms with Crippen molar-refractivity contribution in [2.75, 3.05) is 16.8 Å². The number of carbonyl (C=O) groups is 3. The Bertz CT molecular complexity index is 881. The zero-order valence-electron chi connectivity index (χ0n) is 16.7. The van der Waals surface area contributed by atoms with E-state index in [9.17, 15) is 14.4 Å². The fourth-order valence-electron chi connectivity index (χ4n) is 3.94. The van der Waals surface area contributed by atoms with Crippen LogP contribution in [0.4, 0.5) is 11.4 Å². The van der Waals surface area contributed by atoms with Gasteiger partial charge < -0.3 is 20.7 Å². The number of fused-ring (bicyclic) bond motifs is 1. The summed E-state index contributed by atoms with van der Waals surface area (Å²) < 4.78 is 6.23. The normalized spacial score (nSPS) is 17.5. The SMILES string of the molecule is CCCC(C)N1C(=O)COc2cc(Br)c(NC(=O)C3=C(C(N)=O)CCCC3)cc21. The number of benzene rings is 1. The van der Waals surface area contributed by atoms with Gasteiger partial charge in [0.1, 0.15) is 5.75 Å². The van der Waals surface area contributed by atoms with E-state index in [1.807, 2.05) is 6.92 Å². The van der Waals surface area contributed by atoms with Gasteiger partial charge in [0, 0.05) is 21.7 Å². The molecule has 1 atom stereocenters. The number of rotatable bonds is 6. The van der Waals surface area contributed by atoms with Crippen molar-refractivity contribution < 1.29 is 19.1 Å². The first-order chi connectivity index (χ1) is 13.8. The number of hydrogen-bond donors (Lipinski definition) is 2. The summed E-state index contributed by atoms with van der Waals surface area (Å²) in [7, 11) is 0. The molecule has 0 fully saturated rings. The second kappa shape index (κ2) is 8.98. The van der Waals surface area contributed by atoms with Gasteiger partial charge in [-0.1, -0.05) is 13.3 Å². The summed E-state index contributed by atoms with van der Waals surface area (Å²) in [6.45, 7) is 4.07. The lowest BCUT2D eigenvalue weighted by Gasteiger charge is -2.34. The highest BCUT2D eigenvalue weighted by Gasteiger charge is 2.31. The van der Waals surface area contributed by atoms with Crippen LogP contribution in [0.25, 0.3) is 0 Å². The lowest BCUT2D eigenvalue weighted by atomic mass is 9.90. The highest BCUT2D eigenvalue weighted by Crippen LogP contribution is 2.41. The molecule has 156 valence electrons. The first-order valence-electron chi connectivity index (χ1n) is 9.95. The second-order valence-electron chi connectivity index (χ2n) is 7.47. The highest BCUT2D eigenvalue weighted by atomic mass is 79.9. The smallest absolute Gasteiger partial charge is 0.265 e. The third-order valence-corrected chi connectivity index (χ3v) is 6.02. The molecule has 2 aliphatic rings. The fraction of sp³-hybridized carbons (Fsp3) is 0.476. The molecule has 8 heteroatoms. The fourth-order valence-corrected chi connectivity index (χ4v) is 4.36. The summed E-state index contributed by atoms with van der Waals surface area (Å²) in [5.41, 5.74) is 7.45. The van der Waals surface area contributed by atoms with Gasteiger partial charge in [0.2, 0.25) is 5.91 Å². The quantitative estimate of drug-likeness (QED) is 0.671. The van der Waals surface area contributed by atoms with Crippen LogP contribution in [-0.4, -0.2) is 30.4 Å². The molecule has 1 aliphatic heterocycles. The van der Waals surface area contributed by atoms with E-state index < -0.39 is 5.91 Å². The van der Waals surface area contributed by atoms with E-state index in [0.29, 0.717) is 45.6 Å². The van der Waals surface area contributed by atoms with Gasteiger partial charge in [0.05, 0.1) is 11.4 Å². The molecule has 1 aromatic rings. The van der Waals surface area contributed by atoms with Crippen molar-refractivity contribution in [1.29, 1.82) is 0 Å². The molecule has 0 radical (unpaired) electrons. The van der Waals surface area contributed by atoms with Gasteiger partial charge in [-0.3, -0.25) is 14.4 Å². The Morgan fingerprint density at radius 2 is 1.97 bits per heavy atom. The van der Waals surface area contributed by atoms with Crippen LogP contribution in [-0.2, 0) is 14.4 Å². The molecular weight excluding hydrogens is 438 g/mol. The lowest BCUT2D eigenvalue weighted by molar-refractivity contribution is -0.121. The minimum absolute atomic E-state index is 0.00590. The van der Waals surface area contributed by atoms with Gasteiger partial charge in [0.25, 0.3) is 11.8 Å². The lowest BCUT2D eigenvalue weighted by Crippen LogP contribution is -2.44. The number of primary amides is 1. The van der Waals surface area contributed by atoms with Gasteiger partial charge in [-0.15, -0.1) is 0 Å². The Hall–Kier alpha value is -2.35. The van der Waals surface area contributed by atoms with Crippen molar-refractivity contribution >= 4 is 45.0 Å². The van der Waals surface area contributed by atoms with Gasteiger partial charge in [-0.05, 0) is 67.1 Å². The molecular formula is C21H26BrN3O4. The second-order valence-corrected chi connectivity index (χ2v) is 8.33. The summed E-state index contributed by atoms with van der Waals surface area (Å²) in [5, 5.41) is 2.88. The van der Waals surface area contributed by atoms with Crippen LogP contribution in [0.15, 0.2) is 27.8 Å². The van der Waals surface area contributed by atoms with Crippen LogP contribution in [0.3, 0.4) is 0 Å². The number of nitrogens with two attached hydrogens (primary N) is 1. The van der Waals surface area contributed by atoms with E-state index in [0.717, 1.165) is 25.7 Å². The molecule has 1 aromatic carbocycles. The number of halogens is 1. The van der Waals surface area contributed by atoms with Gasteiger partial charge >= 0.3 is 0 Å². The van der Waals surface area contributed by atoms with E-state index in [4.69, 9.17) is 10.5 Å². The van der Waals surface area contributed by atoms with Crippen LogP contribution in [0.1, 0.15) is 52.4 Å². The summed E-state index contributed by atoms with van der Waals surface area (Å²) in [6.07, 6.45) is 4.54. The van der Waals surface area contributed by atoms with Crippen molar-refractivity contribution in [2.24, 2.45) is 5.73 Å². The Labute approximate surface area is 178 Å². The summed E-state index contributed by atoms with van der Waals surface area (Å²) in [5.74, 6) is -0.399. The van der Waals surface area contributed by atoms with Crippen LogP contribution >= 0.6 is 15.9 Å². The number of anilines is 2. The van der Waals surface area contributed by atoms with Crippen LogP contribution in [0.5, 0.6) is 5.75 Å². The molecule has 29 heavy (non-hydrogen) atoms. The number of carbonyl (C=O) groups excluding carboxylic acids is 3. The van der Waals surface area contributed by atoms with Crippen LogP contribution < -0.4 is 20.7 Å². The van der Waals surface area contributed by atoms with E-state index in [1.165, 1.54) is 0 Å². The predicted molar refractivity (Wildman–Crippen MR) is 115 cm³/mol. The van der Waals surface area contributed by atoms with E-state index in [-0.39, 0.29) is 24.5 Å². The Morgan fingerprint density at radius 3 is 2.62 bits per heavy atom. The van der Waals surface area contributed by atoms with Crippen molar-refractivity contribution in [2.45, 2.75) is 58.4 Å². The molecule has 1 unspecified atom stereocenters. The Balaban J connectivity index is 1.94. The first-order valence-corrected chi connectivity index (χ1v) is 10.7. The van der Waals surface area contributed by atoms with Crippen LogP contribution in [0, 0.1) is 0 Å². The van der Waals surface area contributed by atoms with Crippen molar-refractivity contribution in [3.8, 4) is 5.75 Å². The summed E-state index contributed by atoms with van der Waals surface area (Å²) in [4.78, 5) is 38.8. The number of nitrogens with one attached hydrogen (secondary N) is 1. The molecule has 0 bridgehead atoms. The number of hydrogen-bond acceptors (Lipinski definition) is 4. The van der Waals surface area contributed by atoms with Crippen LogP contribution in [0.2, 0.25) is 0 Å². The molecule has 0 saturated heterocycles. The molecule has 1 aliphatic carbocycles. The van der Waals surface area contributed by atoms with Crippen molar-refractivity contribution in [1.82, 2.24) is 0 Å². The summed E-state index contributed by atoms with van der Waals surface area (Å²) >= 11 is 3.47. The Kier molecular flexibility index (Phi) is 6.62. The van der Waals surface area contributed by atoms with E-state index in [2.05, 4.69) is 28.2 Å². The molecule has 3 amide bonds. The number of amides is 3. The molecule has 1 heterocycles. The topological polar surface area (TPSA) is 102 Å². The molecule has 0 spiro atoms. The maximum absolute atomic E-state index is 12.9. The first kappa shape index (κ1) is 21.4. The zero-order chi connectivity index (χ0) is 21.1. The van der Waals surface area contributed by atoms with Gasteiger partial charge in [-0.2, -0.15) is 0 Å². The minimum Gasteiger partial charge on any atom is -0.482 e. The minimum atomic E-state index is -0.544. The molecule has 3 rings (SSSR count). The standard InChI is InChI=1S/C21H26BrN3O4/c1-3-6-12(2)25-17-10-16(15(22)9-18(17)29-11-19(25)26)24-21(28)14-8-5-4-7-13(14)20(23)27/h9-10,12H,3-8,11H2,1-2H3,(H2,23,27)(H,24,28). The molecule has 0 saturated carbocycles. The zero-order valence-corrected chi connectivity index (χ0v) is 18.3. The average molecular weight is 464 g/mol. The maximum atomic E-state index is 12.9. The summed E-state index contributed by atoms with van der Waals surface area (Å²) in [6, 6.07) is 3.52. The molecule has 0 aromatic heterocycles. The van der Waals surface area contributed by atoms with E-state index in [1.54, 1.807) is 17.0 Å². The number of nitrogens with zero attached hydrogens (tertiary/aromatic N) is 1. The third kappa shape index (κ3) is 4.47. The maximum Gasteiger partial charge on any atom is 0.265 e. The van der Waals surface area contributed by atoms with Crippen molar-refractivity contribution in [3.05, 3.63) is 27.8 Å². The number of ether oxygens (including phenoxy) is 1. The largest absolute Gasteiger partial charge is 0.482 e. The monoisotopic (exact) mass is 463 g/mol. The predicted octanol–water partition coefficient (Wildman–Crippen LogP) is 3.66. The average Bonchev–Trinajstić information content (AvgIpc) is 2.69. The molecule has 7 nitrogen and oxygen atoms in total. The van der Waals surface area contributed by atoms with Gasteiger partial charge in [-0.25, -0.2) is 0 Å². The van der Waals surface area contributed by atoms with E-state index >= 15 is 0 Å². The Morgan fingerprint density at radius 1 is 1.28 bits per heavy atom. The highest BCUT2D eigenvalue weighted by molar-refractivity contribution is 9.10. The third-order valence-electron chi connectivity index (χ3n) is 5.36. The van der Waals surface area contributed by atoms with Gasteiger partial charge in [0.15, 0.2) is 6.61 Å².